The summed E-state index contributed by atoms with van der Waals surface area (Å²) in [6.45, 7) is 5.30. The summed E-state index contributed by atoms with van der Waals surface area (Å²) in [5.41, 5.74) is 7.38. The number of nitrogens with one attached hydrogen (secondary N) is 2. The standard InChI is InChI=1S/C25H32N6O2S/c26-25-29-24(23(34-25)22(33)19-5-4-18-6-9-27-20(18)14-19)28-15-21(32)31-12-7-17(8-13-31)16-30-10-2-1-3-11-30/h4-6,9,14,17,27-28H,1-3,7-8,10-13,15-16H2,(H2,26,29). The molecule has 2 aliphatic rings. The Morgan fingerprint density at radius 1 is 1.12 bits per heavy atom. The lowest BCUT2D eigenvalue weighted by Gasteiger charge is -2.36. The molecule has 4 N–H and O–H groups in total. The largest absolute Gasteiger partial charge is 0.375 e. The second kappa shape index (κ2) is 10.1. The van der Waals surface area contributed by atoms with Gasteiger partial charge >= 0.3 is 0 Å². The normalized spacial score (nSPS) is 17.8. The number of aromatic nitrogens is 2. The van der Waals surface area contributed by atoms with Gasteiger partial charge in [0.2, 0.25) is 11.7 Å². The van der Waals surface area contributed by atoms with Crippen molar-refractivity contribution < 1.29 is 9.59 Å². The van der Waals surface area contributed by atoms with E-state index in [2.05, 4.69) is 20.2 Å². The highest BCUT2D eigenvalue weighted by Gasteiger charge is 2.26. The van der Waals surface area contributed by atoms with Gasteiger partial charge in [-0.25, -0.2) is 4.98 Å². The molecule has 180 valence electrons. The predicted molar refractivity (Wildman–Crippen MR) is 136 cm³/mol. The molecule has 1 amide bonds. The molecule has 5 rings (SSSR count). The van der Waals surface area contributed by atoms with Crippen molar-refractivity contribution in [2.45, 2.75) is 32.1 Å². The molecule has 2 saturated heterocycles. The minimum absolute atomic E-state index is 0.0363. The van der Waals surface area contributed by atoms with Gasteiger partial charge in [-0.2, -0.15) is 0 Å². The lowest BCUT2D eigenvalue weighted by atomic mass is 9.95. The molecule has 1 aromatic carbocycles. The molecule has 0 radical (unpaired) electrons. The second-order valence-electron chi connectivity index (χ2n) is 9.38. The van der Waals surface area contributed by atoms with Crippen molar-refractivity contribution >= 4 is 44.9 Å². The third-order valence-electron chi connectivity index (χ3n) is 7.01. The van der Waals surface area contributed by atoms with E-state index in [9.17, 15) is 9.59 Å². The summed E-state index contributed by atoms with van der Waals surface area (Å²) in [6, 6.07) is 7.51. The number of rotatable bonds is 7. The molecule has 9 heteroatoms. The van der Waals surface area contributed by atoms with E-state index in [0.717, 1.165) is 54.7 Å². The van der Waals surface area contributed by atoms with Crippen LogP contribution in [-0.4, -0.2) is 70.7 Å². The van der Waals surface area contributed by atoms with E-state index in [1.165, 1.54) is 32.4 Å². The molecule has 0 bridgehead atoms. The average Bonchev–Trinajstić information content (AvgIpc) is 3.48. The number of aromatic amines is 1. The summed E-state index contributed by atoms with van der Waals surface area (Å²) in [4.78, 5) is 38.4. The Bertz CT molecular complexity index is 1160. The first kappa shape index (κ1) is 22.9. The first-order valence-electron chi connectivity index (χ1n) is 12.2. The number of thiazole rings is 1. The van der Waals surface area contributed by atoms with E-state index in [-0.39, 0.29) is 18.2 Å². The van der Waals surface area contributed by atoms with Gasteiger partial charge < -0.3 is 25.8 Å². The van der Waals surface area contributed by atoms with Crippen LogP contribution in [0.5, 0.6) is 0 Å². The minimum Gasteiger partial charge on any atom is -0.375 e. The first-order chi connectivity index (χ1) is 16.6. The highest BCUT2D eigenvalue weighted by Crippen LogP contribution is 2.29. The number of piperidine rings is 2. The Kier molecular flexibility index (Phi) is 6.82. The number of hydrogen-bond donors (Lipinski definition) is 3. The zero-order valence-corrected chi connectivity index (χ0v) is 20.2. The summed E-state index contributed by atoms with van der Waals surface area (Å²) < 4.78 is 0. The zero-order chi connectivity index (χ0) is 23.5. The van der Waals surface area contributed by atoms with Crippen molar-refractivity contribution in [3.05, 3.63) is 40.9 Å². The number of nitrogens with zero attached hydrogens (tertiary/aromatic N) is 3. The number of nitrogen functional groups attached to an aromatic ring is 1. The van der Waals surface area contributed by atoms with Gasteiger partial charge in [-0.1, -0.05) is 29.9 Å². The summed E-state index contributed by atoms with van der Waals surface area (Å²) >= 11 is 1.14. The fourth-order valence-corrected chi connectivity index (χ4v) is 5.84. The third-order valence-corrected chi connectivity index (χ3v) is 7.89. The van der Waals surface area contributed by atoms with Gasteiger partial charge in [0.15, 0.2) is 10.9 Å². The number of likely N-dealkylation sites (tertiary alicyclic amines) is 2. The molecule has 0 atom stereocenters. The summed E-state index contributed by atoms with van der Waals surface area (Å²) in [5, 5.41) is 4.43. The van der Waals surface area contributed by atoms with Gasteiger partial charge in [-0.05, 0) is 62.2 Å². The van der Waals surface area contributed by atoms with Crippen LogP contribution >= 0.6 is 11.3 Å². The average molecular weight is 481 g/mol. The molecule has 0 unspecified atom stereocenters. The molecule has 0 aliphatic carbocycles. The van der Waals surface area contributed by atoms with Gasteiger partial charge in [-0.15, -0.1) is 0 Å². The maximum atomic E-state index is 13.2. The molecule has 0 saturated carbocycles. The fraction of sp³-hybridized carbons (Fsp3) is 0.480. The molecule has 0 spiro atoms. The highest BCUT2D eigenvalue weighted by molar-refractivity contribution is 7.18. The van der Waals surface area contributed by atoms with Crippen molar-refractivity contribution in [1.82, 2.24) is 19.8 Å². The molecule has 8 nitrogen and oxygen atoms in total. The van der Waals surface area contributed by atoms with E-state index >= 15 is 0 Å². The van der Waals surface area contributed by atoms with Crippen LogP contribution in [-0.2, 0) is 4.79 Å². The minimum atomic E-state index is -0.154. The number of H-pyrrole nitrogens is 1. The second-order valence-corrected chi connectivity index (χ2v) is 10.4. The Hall–Kier alpha value is -2.91. The number of anilines is 2. The molecular formula is C25H32N6O2S. The van der Waals surface area contributed by atoms with Gasteiger partial charge in [0.1, 0.15) is 4.88 Å². The number of ketones is 1. The number of carbonyl (C=O) groups is 2. The number of fused-ring (bicyclic) bond motifs is 1. The highest BCUT2D eigenvalue weighted by atomic mass is 32.1. The maximum Gasteiger partial charge on any atom is 0.241 e. The Morgan fingerprint density at radius 3 is 2.71 bits per heavy atom. The van der Waals surface area contributed by atoms with E-state index in [0.29, 0.717) is 27.3 Å². The molecule has 4 heterocycles. The third kappa shape index (κ3) is 5.10. The summed E-state index contributed by atoms with van der Waals surface area (Å²) in [7, 11) is 0. The summed E-state index contributed by atoms with van der Waals surface area (Å²) in [6.07, 6.45) is 7.94. The molecule has 3 aromatic rings. The number of hydrogen-bond acceptors (Lipinski definition) is 7. The first-order valence-corrected chi connectivity index (χ1v) is 13.0. The van der Waals surface area contributed by atoms with E-state index in [1.54, 1.807) is 6.07 Å². The lowest BCUT2D eigenvalue weighted by molar-refractivity contribution is -0.130. The lowest BCUT2D eigenvalue weighted by Crippen LogP contribution is -2.44. The van der Waals surface area contributed by atoms with Gasteiger partial charge in [0, 0.05) is 36.9 Å². The van der Waals surface area contributed by atoms with Crippen molar-refractivity contribution in [2.75, 3.05) is 50.3 Å². The number of nitrogens with two attached hydrogens (primary N) is 1. The van der Waals surface area contributed by atoms with Crippen molar-refractivity contribution in [2.24, 2.45) is 5.92 Å². The quantitative estimate of drug-likeness (QED) is 0.446. The molecule has 34 heavy (non-hydrogen) atoms. The van der Waals surface area contributed by atoms with Crippen LogP contribution in [0.15, 0.2) is 30.5 Å². The van der Waals surface area contributed by atoms with Crippen LogP contribution in [0.25, 0.3) is 10.9 Å². The maximum absolute atomic E-state index is 13.2. The van der Waals surface area contributed by atoms with Gasteiger partial charge in [0.05, 0.1) is 6.54 Å². The molecule has 2 aliphatic heterocycles. The Morgan fingerprint density at radius 2 is 1.91 bits per heavy atom. The van der Waals surface area contributed by atoms with Crippen LogP contribution in [0.1, 0.15) is 47.3 Å². The Balaban J connectivity index is 1.16. The van der Waals surface area contributed by atoms with Crippen LogP contribution in [0.4, 0.5) is 10.9 Å². The Labute approximate surface area is 203 Å². The molecular weight excluding hydrogens is 448 g/mol. The van der Waals surface area contributed by atoms with Gasteiger partial charge in [-0.3, -0.25) is 9.59 Å². The monoisotopic (exact) mass is 480 g/mol. The van der Waals surface area contributed by atoms with Crippen molar-refractivity contribution in [3.8, 4) is 0 Å². The molecule has 2 aromatic heterocycles. The van der Waals surface area contributed by atoms with Crippen LogP contribution in [0.2, 0.25) is 0 Å². The predicted octanol–water partition coefficient (Wildman–Crippen LogP) is 3.57. The molecule has 2 fully saturated rings. The van der Waals surface area contributed by atoms with Crippen LogP contribution in [0.3, 0.4) is 0 Å². The van der Waals surface area contributed by atoms with Crippen LogP contribution < -0.4 is 11.1 Å². The number of benzene rings is 1. The fourth-order valence-electron chi connectivity index (χ4n) is 5.07. The number of carbonyl (C=O) groups excluding carboxylic acids is 2. The number of amides is 1. The van der Waals surface area contributed by atoms with Gasteiger partial charge in [0.25, 0.3) is 0 Å². The van der Waals surface area contributed by atoms with Crippen molar-refractivity contribution in [3.63, 3.8) is 0 Å². The van der Waals surface area contributed by atoms with E-state index in [1.807, 2.05) is 29.3 Å². The zero-order valence-electron chi connectivity index (χ0n) is 19.4. The van der Waals surface area contributed by atoms with Crippen molar-refractivity contribution in [1.29, 1.82) is 0 Å². The van der Waals surface area contributed by atoms with E-state index in [4.69, 9.17) is 5.73 Å². The van der Waals surface area contributed by atoms with E-state index < -0.39 is 0 Å². The van der Waals surface area contributed by atoms with Crippen LogP contribution in [0, 0.1) is 5.92 Å². The smallest absolute Gasteiger partial charge is 0.241 e. The summed E-state index contributed by atoms with van der Waals surface area (Å²) in [5.74, 6) is 0.940. The SMILES string of the molecule is Nc1nc(NCC(=O)N2CCC(CN3CCCCC3)CC2)c(C(=O)c2ccc3cc[nH]c3c2)s1. The topological polar surface area (TPSA) is 107 Å².